The maximum atomic E-state index is 12.5. The van der Waals surface area contributed by atoms with Gasteiger partial charge in [0.05, 0.1) is 7.11 Å². The number of methoxy groups -OCH3 is 1. The minimum atomic E-state index is -4.11. The molecule has 0 heterocycles. The van der Waals surface area contributed by atoms with Crippen LogP contribution in [0, 0.1) is 0 Å². The maximum absolute atomic E-state index is 12.5. The molecule has 0 spiro atoms. The predicted octanol–water partition coefficient (Wildman–Crippen LogP) is 0.885. The summed E-state index contributed by atoms with van der Waals surface area (Å²) in [6.45, 7) is 0. The van der Waals surface area contributed by atoms with Crippen LogP contribution in [0.5, 0.6) is 0 Å². The van der Waals surface area contributed by atoms with E-state index in [-0.39, 0.29) is 0 Å². The Balaban J connectivity index is 4.59. The molecule has 0 aromatic heterocycles. The van der Waals surface area contributed by atoms with Crippen molar-refractivity contribution in [3.05, 3.63) is 0 Å². The maximum Gasteiger partial charge on any atom is 0.387 e. The zero-order chi connectivity index (χ0) is 9.28. The van der Waals surface area contributed by atoms with Gasteiger partial charge in [0.25, 0.3) is 0 Å². The average molecular weight is 208 g/mol. The Hall–Kier alpha value is -0.130. The number of carbonyl (C=O) groups excluding carboxylic acids is 1. The minimum Gasteiger partial charge on any atom is -0.464 e. The van der Waals surface area contributed by atoms with Crippen LogP contribution >= 0.6 is 23.2 Å². The fourth-order valence-corrected chi connectivity index (χ4v) is 0.419. The number of esters is 1. The van der Waals surface area contributed by atoms with Crippen molar-refractivity contribution >= 4 is 29.2 Å². The number of rotatable bonds is 2. The van der Waals surface area contributed by atoms with E-state index in [1.165, 1.54) is 0 Å². The Bertz CT molecular complexity index is 168. The van der Waals surface area contributed by atoms with Crippen molar-refractivity contribution in [1.82, 2.24) is 0 Å². The third kappa shape index (κ3) is 2.15. The summed E-state index contributed by atoms with van der Waals surface area (Å²) in [4.78, 5) is 10.3. The Morgan fingerprint density at radius 2 is 1.91 bits per heavy atom. The smallest absolute Gasteiger partial charge is 0.387 e. The van der Waals surface area contributed by atoms with Crippen LogP contribution in [-0.2, 0) is 9.53 Å². The van der Waals surface area contributed by atoms with E-state index < -0.39 is 16.3 Å². The molecule has 0 atom stereocenters. The Labute approximate surface area is 71.4 Å². The Morgan fingerprint density at radius 3 is 2.00 bits per heavy atom. The Morgan fingerprint density at radius 1 is 1.55 bits per heavy atom. The molecule has 0 aromatic rings. The van der Waals surface area contributed by atoms with Crippen molar-refractivity contribution in [2.45, 2.75) is 10.4 Å². The SMILES string of the molecule is COC(=O)C(F)(F)C(N)(Cl)Cl. The molecule has 0 aliphatic rings. The zero-order valence-corrected chi connectivity index (χ0v) is 6.92. The van der Waals surface area contributed by atoms with Crippen molar-refractivity contribution in [3.8, 4) is 0 Å². The van der Waals surface area contributed by atoms with E-state index in [1.54, 1.807) is 0 Å². The molecule has 11 heavy (non-hydrogen) atoms. The van der Waals surface area contributed by atoms with Gasteiger partial charge in [-0.2, -0.15) is 8.78 Å². The highest BCUT2D eigenvalue weighted by Crippen LogP contribution is 2.34. The number of hydrogen-bond donors (Lipinski definition) is 1. The second-order valence-corrected chi connectivity index (χ2v) is 3.07. The monoisotopic (exact) mass is 207 g/mol. The summed E-state index contributed by atoms with van der Waals surface area (Å²) >= 11 is 9.58. The lowest BCUT2D eigenvalue weighted by Gasteiger charge is -2.22. The number of hydrogen-bond acceptors (Lipinski definition) is 3. The molecular formula is C4H5Cl2F2NO2. The summed E-state index contributed by atoms with van der Waals surface area (Å²) in [7, 11) is 0.774. The lowest BCUT2D eigenvalue weighted by atomic mass is 10.3. The van der Waals surface area contributed by atoms with Crippen LogP contribution in [0.25, 0.3) is 0 Å². The molecule has 66 valence electrons. The number of nitrogens with two attached hydrogens (primary N) is 1. The highest BCUT2D eigenvalue weighted by molar-refractivity contribution is 6.49. The minimum absolute atomic E-state index is 0.774. The van der Waals surface area contributed by atoms with Crippen molar-refractivity contribution in [1.29, 1.82) is 0 Å². The summed E-state index contributed by atoms with van der Waals surface area (Å²) in [6.07, 6.45) is 0. The molecule has 0 amide bonds. The largest absolute Gasteiger partial charge is 0.464 e. The molecule has 0 rings (SSSR count). The van der Waals surface area contributed by atoms with Crippen LogP contribution in [0.1, 0.15) is 0 Å². The fourth-order valence-electron chi connectivity index (χ4n) is 0.264. The first-order chi connectivity index (χ1) is 4.73. The van der Waals surface area contributed by atoms with E-state index >= 15 is 0 Å². The summed E-state index contributed by atoms with van der Waals surface area (Å²) < 4.78 is 25.7. The first-order valence-electron chi connectivity index (χ1n) is 2.36. The van der Waals surface area contributed by atoms with Gasteiger partial charge in [0.15, 0.2) is 0 Å². The van der Waals surface area contributed by atoms with Crippen molar-refractivity contribution in [2.24, 2.45) is 5.73 Å². The van der Waals surface area contributed by atoms with E-state index in [1.807, 2.05) is 0 Å². The van der Waals surface area contributed by atoms with Crippen LogP contribution < -0.4 is 5.73 Å². The van der Waals surface area contributed by atoms with Gasteiger partial charge in [-0.1, -0.05) is 23.2 Å². The van der Waals surface area contributed by atoms with Gasteiger partial charge < -0.3 is 4.74 Å². The van der Waals surface area contributed by atoms with E-state index in [2.05, 4.69) is 10.5 Å². The van der Waals surface area contributed by atoms with Crippen LogP contribution in [0.2, 0.25) is 0 Å². The van der Waals surface area contributed by atoms with Crippen molar-refractivity contribution in [3.63, 3.8) is 0 Å². The molecule has 3 nitrogen and oxygen atoms in total. The first kappa shape index (κ1) is 10.9. The molecule has 0 aliphatic carbocycles. The van der Waals surface area contributed by atoms with Crippen LogP contribution in [0.3, 0.4) is 0 Å². The molecule has 0 aliphatic heterocycles. The van der Waals surface area contributed by atoms with E-state index in [4.69, 9.17) is 23.2 Å². The second-order valence-electron chi connectivity index (χ2n) is 1.69. The number of ether oxygens (including phenoxy) is 1. The van der Waals surface area contributed by atoms with Crippen LogP contribution in [0.15, 0.2) is 0 Å². The van der Waals surface area contributed by atoms with Gasteiger partial charge in [-0.15, -0.1) is 0 Å². The lowest BCUT2D eigenvalue weighted by molar-refractivity contribution is -0.170. The highest BCUT2D eigenvalue weighted by Gasteiger charge is 2.56. The summed E-state index contributed by atoms with van der Waals surface area (Å²) in [5, 5.41) is 0. The lowest BCUT2D eigenvalue weighted by Crippen LogP contribution is -2.52. The van der Waals surface area contributed by atoms with Gasteiger partial charge in [-0.3, -0.25) is 5.73 Å². The number of carbonyl (C=O) groups is 1. The normalized spacial score (nSPS) is 12.9. The topological polar surface area (TPSA) is 52.3 Å². The third-order valence-electron chi connectivity index (χ3n) is 0.860. The van der Waals surface area contributed by atoms with Crippen molar-refractivity contribution < 1.29 is 18.3 Å². The molecule has 0 saturated heterocycles. The molecule has 0 saturated carbocycles. The van der Waals surface area contributed by atoms with Gasteiger partial charge in [0.2, 0.25) is 4.46 Å². The van der Waals surface area contributed by atoms with Gasteiger partial charge in [0, 0.05) is 0 Å². The molecule has 0 radical (unpaired) electrons. The average Bonchev–Trinajstić information content (AvgIpc) is 1.83. The quantitative estimate of drug-likeness (QED) is 0.416. The summed E-state index contributed by atoms with van der Waals surface area (Å²) in [6, 6.07) is 0. The van der Waals surface area contributed by atoms with Crippen LogP contribution in [-0.4, -0.2) is 23.5 Å². The molecule has 2 N–H and O–H groups in total. The fraction of sp³-hybridized carbons (Fsp3) is 0.750. The van der Waals surface area contributed by atoms with Gasteiger partial charge in [0.1, 0.15) is 0 Å². The van der Waals surface area contributed by atoms with Gasteiger partial charge in [-0.25, -0.2) is 4.79 Å². The van der Waals surface area contributed by atoms with E-state index in [0.717, 1.165) is 7.11 Å². The second kappa shape index (κ2) is 3.08. The van der Waals surface area contributed by atoms with Crippen LogP contribution in [0.4, 0.5) is 8.78 Å². The first-order valence-corrected chi connectivity index (χ1v) is 3.12. The zero-order valence-electron chi connectivity index (χ0n) is 5.41. The van der Waals surface area contributed by atoms with E-state index in [0.29, 0.717) is 0 Å². The van der Waals surface area contributed by atoms with Crippen molar-refractivity contribution in [2.75, 3.05) is 7.11 Å². The molecule has 0 bridgehead atoms. The third-order valence-corrected chi connectivity index (χ3v) is 1.34. The Kier molecular flexibility index (Phi) is 3.05. The van der Waals surface area contributed by atoms with Gasteiger partial charge in [-0.05, 0) is 0 Å². The number of halogens is 4. The molecule has 0 aromatic carbocycles. The van der Waals surface area contributed by atoms with Gasteiger partial charge >= 0.3 is 11.9 Å². The molecule has 0 unspecified atom stereocenters. The highest BCUT2D eigenvalue weighted by atomic mass is 35.5. The van der Waals surface area contributed by atoms with E-state index in [9.17, 15) is 13.6 Å². The number of alkyl halides is 4. The summed E-state index contributed by atoms with van der Waals surface area (Å²) in [5.41, 5.74) is 4.57. The summed E-state index contributed by atoms with van der Waals surface area (Å²) in [5.74, 6) is -5.98. The molecule has 7 heteroatoms. The standard InChI is InChI=1S/C4H5Cl2F2NO2/c1-11-2(10)3(7,8)4(5,6)9/h9H2,1H3. The molecule has 0 fully saturated rings. The molecular weight excluding hydrogens is 203 g/mol. The predicted molar refractivity (Wildman–Crippen MR) is 35.6 cm³/mol.